The summed E-state index contributed by atoms with van der Waals surface area (Å²) < 4.78 is 33.7. The van der Waals surface area contributed by atoms with Gasteiger partial charge in [0, 0.05) is 31.7 Å². The number of para-hydroxylation sites is 1. The minimum atomic E-state index is -3.53. The van der Waals surface area contributed by atoms with Crippen LogP contribution in [0.1, 0.15) is 37.0 Å². The van der Waals surface area contributed by atoms with E-state index in [9.17, 15) is 13.2 Å². The predicted octanol–water partition coefficient (Wildman–Crippen LogP) is 4.50. The molecule has 8 nitrogen and oxygen atoms in total. The molecule has 0 radical (unpaired) electrons. The first-order valence-electron chi connectivity index (χ1n) is 12.0. The fourth-order valence-corrected chi connectivity index (χ4v) is 6.78. The zero-order chi connectivity index (χ0) is 25.0. The van der Waals surface area contributed by atoms with Crippen molar-refractivity contribution >= 4 is 55.0 Å². The lowest BCUT2D eigenvalue weighted by molar-refractivity contribution is 0.0983. The topological polar surface area (TPSA) is 83.1 Å². The molecule has 1 saturated heterocycles. The molecule has 1 aromatic heterocycles. The lowest BCUT2D eigenvalue weighted by Crippen LogP contribution is -2.38. The van der Waals surface area contributed by atoms with Gasteiger partial charge in [0.25, 0.3) is 5.91 Å². The molecule has 2 heterocycles. The Morgan fingerprint density at radius 1 is 1.06 bits per heavy atom. The SMILES string of the molecule is CCN(CC)CCN(C(=O)c1ccc(S(=O)(=O)N2CCCC2)cc1)c1nc2c(OC)cccc2s1.Cl. The zero-order valence-electron chi connectivity index (χ0n) is 20.8. The normalized spacial score (nSPS) is 14.2. The van der Waals surface area contributed by atoms with Gasteiger partial charge in [-0.1, -0.05) is 31.3 Å². The summed E-state index contributed by atoms with van der Waals surface area (Å²) in [6, 6.07) is 12.0. The van der Waals surface area contributed by atoms with Crippen LogP contribution >= 0.6 is 23.7 Å². The number of carbonyl (C=O) groups excluding carboxylic acids is 1. The van der Waals surface area contributed by atoms with Crippen LogP contribution in [0.5, 0.6) is 5.75 Å². The quantitative estimate of drug-likeness (QED) is 0.368. The largest absolute Gasteiger partial charge is 0.494 e. The van der Waals surface area contributed by atoms with E-state index < -0.39 is 10.0 Å². The van der Waals surface area contributed by atoms with E-state index in [1.54, 1.807) is 24.1 Å². The second-order valence-electron chi connectivity index (χ2n) is 8.42. The molecule has 0 N–H and O–H groups in total. The highest BCUT2D eigenvalue weighted by atomic mass is 35.5. The molecule has 0 bridgehead atoms. The van der Waals surface area contributed by atoms with Gasteiger partial charge in [-0.25, -0.2) is 13.4 Å². The van der Waals surface area contributed by atoms with Gasteiger partial charge in [-0.2, -0.15) is 4.31 Å². The van der Waals surface area contributed by atoms with E-state index in [4.69, 9.17) is 9.72 Å². The van der Waals surface area contributed by atoms with Crippen LogP contribution in [-0.2, 0) is 10.0 Å². The van der Waals surface area contributed by atoms with Crippen molar-refractivity contribution in [1.29, 1.82) is 0 Å². The summed E-state index contributed by atoms with van der Waals surface area (Å²) in [5, 5.41) is 0.593. The van der Waals surface area contributed by atoms with Crippen molar-refractivity contribution in [3.8, 4) is 5.75 Å². The first kappa shape index (κ1) is 28.3. The van der Waals surface area contributed by atoms with Crippen molar-refractivity contribution in [2.24, 2.45) is 0 Å². The number of hydrogen-bond donors (Lipinski definition) is 0. The van der Waals surface area contributed by atoms with E-state index >= 15 is 0 Å². The first-order valence-corrected chi connectivity index (χ1v) is 14.2. The van der Waals surface area contributed by atoms with Crippen LogP contribution in [0.25, 0.3) is 10.2 Å². The van der Waals surface area contributed by atoms with Crippen molar-refractivity contribution in [3.05, 3.63) is 48.0 Å². The molecule has 1 amide bonds. The number of methoxy groups -OCH3 is 1. The highest BCUT2D eigenvalue weighted by molar-refractivity contribution is 7.89. The van der Waals surface area contributed by atoms with Crippen molar-refractivity contribution in [3.63, 3.8) is 0 Å². The summed E-state index contributed by atoms with van der Waals surface area (Å²) in [5.74, 6) is 0.456. The number of nitrogens with zero attached hydrogens (tertiary/aromatic N) is 4. The standard InChI is InChI=1S/C25H32N4O4S2.ClH/c1-4-27(5-2)17-18-29(25-26-23-21(33-3)9-8-10-22(23)34-25)24(30)19-11-13-20(14-12-19)35(31,32)28-15-6-7-16-28;/h8-14H,4-7,15-18H2,1-3H3;1H. The van der Waals surface area contributed by atoms with Crippen LogP contribution in [0.3, 0.4) is 0 Å². The number of hydrogen-bond acceptors (Lipinski definition) is 7. The van der Waals surface area contributed by atoms with E-state index in [0.29, 0.717) is 42.6 Å². The molecular weight excluding hydrogens is 520 g/mol. The third-order valence-electron chi connectivity index (χ3n) is 6.40. The molecule has 1 aliphatic rings. The Labute approximate surface area is 223 Å². The maximum atomic E-state index is 13.7. The number of anilines is 1. The van der Waals surface area contributed by atoms with Gasteiger partial charge in [0.2, 0.25) is 10.0 Å². The van der Waals surface area contributed by atoms with Gasteiger partial charge in [-0.05, 0) is 62.3 Å². The molecule has 36 heavy (non-hydrogen) atoms. The van der Waals surface area contributed by atoms with Crippen molar-refractivity contribution in [1.82, 2.24) is 14.2 Å². The fraction of sp³-hybridized carbons (Fsp3) is 0.440. The Morgan fingerprint density at radius 3 is 2.33 bits per heavy atom. The summed E-state index contributed by atoms with van der Waals surface area (Å²) in [6.45, 7) is 8.22. The molecule has 1 aliphatic heterocycles. The maximum absolute atomic E-state index is 13.7. The van der Waals surface area contributed by atoms with Gasteiger partial charge < -0.3 is 9.64 Å². The maximum Gasteiger partial charge on any atom is 0.260 e. The van der Waals surface area contributed by atoms with Gasteiger partial charge in [-0.15, -0.1) is 12.4 Å². The first-order chi connectivity index (χ1) is 16.9. The number of thiazole rings is 1. The van der Waals surface area contributed by atoms with Crippen LogP contribution < -0.4 is 9.64 Å². The molecule has 196 valence electrons. The van der Waals surface area contributed by atoms with E-state index in [0.717, 1.165) is 36.1 Å². The van der Waals surface area contributed by atoms with Gasteiger partial charge in [0.05, 0.1) is 16.7 Å². The smallest absolute Gasteiger partial charge is 0.260 e. The highest BCUT2D eigenvalue weighted by Crippen LogP contribution is 2.34. The molecule has 0 spiro atoms. The Bertz CT molecular complexity index is 1270. The minimum Gasteiger partial charge on any atom is -0.494 e. The average Bonchev–Trinajstić information content (AvgIpc) is 3.57. The van der Waals surface area contributed by atoms with Gasteiger partial charge in [-0.3, -0.25) is 9.69 Å². The number of amides is 1. The number of rotatable bonds is 10. The fourth-order valence-electron chi connectivity index (χ4n) is 4.26. The summed E-state index contributed by atoms with van der Waals surface area (Å²) >= 11 is 1.44. The molecule has 1 fully saturated rings. The van der Waals surface area contributed by atoms with Crippen molar-refractivity contribution < 1.29 is 17.9 Å². The van der Waals surface area contributed by atoms with Gasteiger partial charge in [0.15, 0.2) is 5.13 Å². The van der Waals surface area contributed by atoms with Crippen LogP contribution in [0, 0.1) is 0 Å². The molecule has 0 atom stereocenters. The molecule has 0 saturated carbocycles. The molecule has 0 unspecified atom stereocenters. The van der Waals surface area contributed by atoms with Crippen LogP contribution in [0.4, 0.5) is 5.13 Å². The van der Waals surface area contributed by atoms with E-state index in [-0.39, 0.29) is 23.2 Å². The monoisotopic (exact) mass is 552 g/mol. The number of carbonyl (C=O) groups is 1. The molecule has 3 aromatic rings. The molecular formula is C25H33ClN4O4S2. The number of aromatic nitrogens is 1. The number of likely N-dealkylation sites (N-methyl/N-ethyl adjacent to an activating group) is 1. The summed E-state index contributed by atoms with van der Waals surface area (Å²) in [7, 11) is -1.92. The highest BCUT2D eigenvalue weighted by Gasteiger charge is 2.28. The van der Waals surface area contributed by atoms with Crippen molar-refractivity contribution in [2.45, 2.75) is 31.6 Å². The lowest BCUT2D eigenvalue weighted by atomic mass is 10.2. The van der Waals surface area contributed by atoms with Crippen LogP contribution in [0.2, 0.25) is 0 Å². The number of fused-ring (bicyclic) bond motifs is 1. The Kier molecular flexibility index (Phi) is 9.71. The van der Waals surface area contributed by atoms with Crippen molar-refractivity contribution in [2.75, 3.05) is 51.3 Å². The molecule has 2 aromatic carbocycles. The van der Waals surface area contributed by atoms with Crippen LogP contribution in [-0.4, -0.2) is 74.9 Å². The van der Waals surface area contributed by atoms with Crippen LogP contribution in [0.15, 0.2) is 47.4 Å². The zero-order valence-corrected chi connectivity index (χ0v) is 23.3. The Morgan fingerprint density at radius 2 is 1.72 bits per heavy atom. The predicted molar refractivity (Wildman–Crippen MR) is 147 cm³/mol. The molecule has 0 aliphatic carbocycles. The van der Waals surface area contributed by atoms with Gasteiger partial charge >= 0.3 is 0 Å². The number of benzene rings is 2. The summed E-state index contributed by atoms with van der Waals surface area (Å²) in [4.78, 5) is 22.6. The van der Waals surface area contributed by atoms with Gasteiger partial charge in [0.1, 0.15) is 11.3 Å². The summed E-state index contributed by atoms with van der Waals surface area (Å²) in [5.41, 5.74) is 1.15. The number of ether oxygens (including phenoxy) is 1. The Balaban J connectivity index is 0.00000361. The Hall–Kier alpha value is -2.24. The third kappa shape index (κ3) is 5.84. The molecule has 4 rings (SSSR count). The third-order valence-corrected chi connectivity index (χ3v) is 9.36. The number of halogens is 1. The van der Waals surface area contributed by atoms with E-state index in [1.165, 1.54) is 27.8 Å². The van der Waals surface area contributed by atoms with E-state index in [2.05, 4.69) is 18.7 Å². The number of sulfonamides is 1. The minimum absolute atomic E-state index is 0. The summed E-state index contributed by atoms with van der Waals surface area (Å²) in [6.07, 6.45) is 1.76. The second kappa shape index (κ2) is 12.3. The molecule has 11 heteroatoms. The second-order valence-corrected chi connectivity index (χ2v) is 11.4. The lowest BCUT2D eigenvalue weighted by Gasteiger charge is -2.25. The average molecular weight is 553 g/mol. The van der Waals surface area contributed by atoms with E-state index in [1.807, 2.05) is 18.2 Å².